The van der Waals surface area contributed by atoms with Gasteiger partial charge in [-0.1, -0.05) is 17.3 Å². The number of primary amides is 1. The molecule has 1 aromatic heterocycles. The standard InChI is InChI=1S/C13H16N6O2/c14-5-12(20)16-6-11-8-19(18-17-11)7-9-2-1-3-10(4-9)13(15)21/h1-4,8H,5-7,14H2,(H2,15,21)(H,16,20). The van der Waals surface area contributed by atoms with Crippen LogP contribution >= 0.6 is 0 Å². The monoisotopic (exact) mass is 288 g/mol. The zero-order valence-corrected chi connectivity index (χ0v) is 11.3. The maximum Gasteiger partial charge on any atom is 0.248 e. The summed E-state index contributed by atoms with van der Waals surface area (Å²) < 4.78 is 1.62. The molecule has 0 radical (unpaired) electrons. The second-order valence-corrected chi connectivity index (χ2v) is 4.45. The lowest BCUT2D eigenvalue weighted by molar-refractivity contribution is -0.119. The molecule has 110 valence electrons. The Morgan fingerprint density at radius 1 is 1.33 bits per heavy atom. The predicted octanol–water partition coefficient (Wildman–Crippen LogP) is -1.000. The number of carbonyl (C=O) groups is 2. The number of hydrogen-bond donors (Lipinski definition) is 3. The summed E-state index contributed by atoms with van der Waals surface area (Å²) in [7, 11) is 0. The molecular formula is C13H16N6O2. The van der Waals surface area contributed by atoms with Crippen molar-refractivity contribution in [3.8, 4) is 0 Å². The van der Waals surface area contributed by atoms with E-state index in [0.29, 0.717) is 17.8 Å². The van der Waals surface area contributed by atoms with E-state index in [9.17, 15) is 9.59 Å². The molecule has 0 aliphatic carbocycles. The van der Waals surface area contributed by atoms with Gasteiger partial charge in [0.1, 0.15) is 5.69 Å². The lowest BCUT2D eigenvalue weighted by Crippen LogP contribution is -2.29. The molecule has 8 heteroatoms. The maximum atomic E-state index is 11.1. The van der Waals surface area contributed by atoms with Crippen LogP contribution in [0.5, 0.6) is 0 Å². The third-order valence-electron chi connectivity index (χ3n) is 2.79. The normalized spacial score (nSPS) is 10.3. The molecule has 0 aliphatic rings. The molecule has 2 aromatic rings. The van der Waals surface area contributed by atoms with Crippen LogP contribution in [0.25, 0.3) is 0 Å². The average Bonchev–Trinajstić information content (AvgIpc) is 2.92. The molecule has 1 heterocycles. The molecule has 2 rings (SSSR count). The molecule has 0 saturated heterocycles. The van der Waals surface area contributed by atoms with Gasteiger partial charge in [-0.15, -0.1) is 5.10 Å². The highest BCUT2D eigenvalue weighted by molar-refractivity contribution is 5.92. The Labute approximate surface area is 121 Å². The van der Waals surface area contributed by atoms with E-state index in [-0.39, 0.29) is 19.0 Å². The Morgan fingerprint density at radius 3 is 2.86 bits per heavy atom. The van der Waals surface area contributed by atoms with Gasteiger partial charge < -0.3 is 16.8 Å². The topological polar surface area (TPSA) is 129 Å². The molecule has 8 nitrogen and oxygen atoms in total. The van der Waals surface area contributed by atoms with Crippen molar-refractivity contribution in [1.82, 2.24) is 20.3 Å². The maximum absolute atomic E-state index is 11.1. The summed E-state index contributed by atoms with van der Waals surface area (Å²) in [5, 5.41) is 10.5. The summed E-state index contributed by atoms with van der Waals surface area (Å²) in [6, 6.07) is 6.99. The van der Waals surface area contributed by atoms with E-state index in [4.69, 9.17) is 11.5 Å². The van der Waals surface area contributed by atoms with Crippen LogP contribution in [0.15, 0.2) is 30.5 Å². The van der Waals surface area contributed by atoms with Gasteiger partial charge in [0, 0.05) is 5.56 Å². The average molecular weight is 288 g/mol. The molecule has 0 spiro atoms. The predicted molar refractivity (Wildman–Crippen MR) is 75.0 cm³/mol. The van der Waals surface area contributed by atoms with Gasteiger partial charge in [-0.05, 0) is 17.7 Å². The van der Waals surface area contributed by atoms with E-state index in [1.807, 2.05) is 6.07 Å². The molecule has 2 amide bonds. The van der Waals surface area contributed by atoms with Crippen molar-refractivity contribution in [2.75, 3.05) is 6.54 Å². The number of rotatable bonds is 6. The van der Waals surface area contributed by atoms with Crippen LogP contribution in [0.3, 0.4) is 0 Å². The molecule has 0 fully saturated rings. The van der Waals surface area contributed by atoms with Gasteiger partial charge in [0.05, 0.1) is 25.8 Å². The second kappa shape index (κ2) is 6.62. The number of hydrogen-bond acceptors (Lipinski definition) is 5. The van der Waals surface area contributed by atoms with Crippen LogP contribution in [0, 0.1) is 0 Å². The Morgan fingerprint density at radius 2 is 2.14 bits per heavy atom. The van der Waals surface area contributed by atoms with Crippen LogP contribution < -0.4 is 16.8 Å². The van der Waals surface area contributed by atoms with Crippen LogP contribution in [-0.2, 0) is 17.9 Å². The summed E-state index contributed by atoms with van der Waals surface area (Å²) in [6.07, 6.45) is 1.72. The number of amides is 2. The fourth-order valence-electron chi connectivity index (χ4n) is 1.77. The Balaban J connectivity index is 2.00. The van der Waals surface area contributed by atoms with Crippen molar-refractivity contribution >= 4 is 11.8 Å². The van der Waals surface area contributed by atoms with Crippen LogP contribution in [0.1, 0.15) is 21.6 Å². The van der Waals surface area contributed by atoms with Crippen LogP contribution in [0.4, 0.5) is 0 Å². The highest BCUT2D eigenvalue weighted by Gasteiger charge is 2.05. The largest absolute Gasteiger partial charge is 0.366 e. The number of nitrogens with zero attached hydrogens (tertiary/aromatic N) is 3. The quantitative estimate of drug-likeness (QED) is 0.628. The minimum atomic E-state index is -0.472. The molecule has 5 N–H and O–H groups in total. The van der Waals surface area contributed by atoms with E-state index < -0.39 is 5.91 Å². The molecule has 21 heavy (non-hydrogen) atoms. The van der Waals surface area contributed by atoms with Crippen molar-refractivity contribution in [3.63, 3.8) is 0 Å². The highest BCUT2D eigenvalue weighted by Crippen LogP contribution is 2.06. The van der Waals surface area contributed by atoms with Crippen molar-refractivity contribution in [2.45, 2.75) is 13.1 Å². The van der Waals surface area contributed by atoms with Gasteiger partial charge >= 0.3 is 0 Å². The van der Waals surface area contributed by atoms with Gasteiger partial charge in [0.25, 0.3) is 0 Å². The first-order valence-electron chi connectivity index (χ1n) is 6.33. The summed E-state index contributed by atoms with van der Waals surface area (Å²) in [5.41, 5.74) is 12.4. The van der Waals surface area contributed by atoms with E-state index in [2.05, 4.69) is 15.6 Å². The Hall–Kier alpha value is -2.74. The Bertz CT molecular complexity index is 652. The minimum absolute atomic E-state index is 0.0615. The number of nitrogens with two attached hydrogens (primary N) is 2. The lowest BCUT2D eigenvalue weighted by Gasteiger charge is -2.02. The zero-order chi connectivity index (χ0) is 15.2. The molecule has 0 atom stereocenters. The molecule has 0 aliphatic heterocycles. The van der Waals surface area contributed by atoms with E-state index in [0.717, 1.165) is 5.56 Å². The third kappa shape index (κ3) is 4.11. The molecule has 1 aromatic carbocycles. The molecule has 0 unspecified atom stereocenters. The van der Waals surface area contributed by atoms with E-state index in [1.54, 1.807) is 29.1 Å². The number of nitrogens with one attached hydrogen (secondary N) is 1. The summed E-state index contributed by atoms with van der Waals surface area (Å²) in [4.78, 5) is 22.2. The van der Waals surface area contributed by atoms with E-state index in [1.165, 1.54) is 0 Å². The second-order valence-electron chi connectivity index (χ2n) is 4.45. The van der Waals surface area contributed by atoms with E-state index >= 15 is 0 Å². The zero-order valence-electron chi connectivity index (χ0n) is 11.3. The molecule has 0 saturated carbocycles. The van der Waals surface area contributed by atoms with Crippen LogP contribution in [0.2, 0.25) is 0 Å². The minimum Gasteiger partial charge on any atom is -0.366 e. The number of aromatic nitrogens is 3. The van der Waals surface area contributed by atoms with Crippen molar-refractivity contribution in [2.24, 2.45) is 11.5 Å². The van der Waals surface area contributed by atoms with Crippen LogP contribution in [-0.4, -0.2) is 33.4 Å². The van der Waals surface area contributed by atoms with Crippen molar-refractivity contribution in [3.05, 3.63) is 47.3 Å². The first-order chi connectivity index (χ1) is 10.1. The van der Waals surface area contributed by atoms with Gasteiger partial charge in [-0.2, -0.15) is 0 Å². The first-order valence-corrected chi connectivity index (χ1v) is 6.33. The molecule has 0 bridgehead atoms. The molecular weight excluding hydrogens is 272 g/mol. The fourth-order valence-corrected chi connectivity index (χ4v) is 1.77. The van der Waals surface area contributed by atoms with Gasteiger partial charge in [0.15, 0.2) is 0 Å². The lowest BCUT2D eigenvalue weighted by atomic mass is 10.1. The van der Waals surface area contributed by atoms with Gasteiger partial charge in [-0.25, -0.2) is 4.68 Å². The summed E-state index contributed by atoms with van der Waals surface area (Å²) in [6.45, 7) is 0.671. The first kappa shape index (κ1) is 14.7. The van der Waals surface area contributed by atoms with Gasteiger partial charge in [0.2, 0.25) is 11.8 Å². The van der Waals surface area contributed by atoms with Crippen molar-refractivity contribution in [1.29, 1.82) is 0 Å². The Kier molecular flexibility index (Phi) is 4.62. The van der Waals surface area contributed by atoms with Crippen molar-refractivity contribution < 1.29 is 9.59 Å². The summed E-state index contributed by atoms with van der Waals surface area (Å²) in [5.74, 6) is -0.723. The summed E-state index contributed by atoms with van der Waals surface area (Å²) >= 11 is 0. The third-order valence-corrected chi connectivity index (χ3v) is 2.79. The SMILES string of the molecule is NCC(=O)NCc1cn(Cc2cccc(C(N)=O)c2)nn1. The fraction of sp³-hybridized carbons (Fsp3) is 0.231. The number of carbonyl (C=O) groups excluding carboxylic acids is 2. The number of benzene rings is 1. The highest BCUT2D eigenvalue weighted by atomic mass is 16.2. The smallest absolute Gasteiger partial charge is 0.248 e. The van der Waals surface area contributed by atoms with Gasteiger partial charge in [-0.3, -0.25) is 9.59 Å².